The second-order valence-corrected chi connectivity index (χ2v) is 12.5. The van der Waals surface area contributed by atoms with Crippen LogP contribution >= 0.6 is 34.9 Å². The summed E-state index contributed by atoms with van der Waals surface area (Å²) in [5.74, 6) is -0.164. The van der Waals surface area contributed by atoms with E-state index in [9.17, 15) is 14.4 Å². The van der Waals surface area contributed by atoms with Gasteiger partial charge < -0.3 is 15.4 Å². The summed E-state index contributed by atoms with van der Waals surface area (Å²) in [5, 5.41) is 9.96. The maximum atomic E-state index is 13.3. The van der Waals surface area contributed by atoms with Crippen LogP contribution in [0, 0.1) is 5.92 Å². The molecule has 0 unspecified atom stereocenters. The summed E-state index contributed by atoms with van der Waals surface area (Å²) in [6, 6.07) is 4.89. The number of allylic oxidation sites excluding steroid dienone is 1. The van der Waals surface area contributed by atoms with Gasteiger partial charge in [-0.15, -0.1) is 34.9 Å². The standard InChI is InChI=1S/C26H31N5O4S3/c1-16(2)22-24(33)35-17(8-5-7-11-36-20-9-4-6-10-27-20)12-19(32)28-13-21-29-18(14-37-21)23-31-26(3,15-38-23)25(34)30-22/h4-6,8-10,14,16-17,22H,7,11-13,15H2,1-3H3,(H,28,32)(H,30,34)/b8-5+/t17-,22+,26+/m1/s1. The molecule has 0 aliphatic carbocycles. The molecule has 2 aromatic heterocycles. The first-order chi connectivity index (χ1) is 18.2. The van der Waals surface area contributed by atoms with Crippen LogP contribution < -0.4 is 10.6 Å². The summed E-state index contributed by atoms with van der Waals surface area (Å²) < 4.78 is 5.78. The predicted octanol–water partition coefficient (Wildman–Crippen LogP) is 3.60. The highest BCUT2D eigenvalue weighted by molar-refractivity contribution is 8.14. The highest BCUT2D eigenvalue weighted by Crippen LogP contribution is 2.32. The highest BCUT2D eigenvalue weighted by Gasteiger charge is 2.41. The normalized spacial score (nSPS) is 24.7. The van der Waals surface area contributed by atoms with Gasteiger partial charge in [-0.05, 0) is 37.5 Å². The number of pyridine rings is 1. The third-order valence-electron chi connectivity index (χ3n) is 5.92. The first-order valence-corrected chi connectivity index (χ1v) is 15.2. The maximum Gasteiger partial charge on any atom is 0.329 e. The Bertz CT molecular complexity index is 1220. The zero-order chi connectivity index (χ0) is 27.1. The summed E-state index contributed by atoms with van der Waals surface area (Å²) in [6.45, 7) is 5.71. The molecule has 9 nitrogen and oxygen atoms in total. The molecule has 3 atom stereocenters. The van der Waals surface area contributed by atoms with Crippen molar-refractivity contribution in [3.8, 4) is 0 Å². The van der Waals surface area contributed by atoms with Gasteiger partial charge in [-0.25, -0.2) is 14.8 Å². The lowest BCUT2D eigenvalue weighted by Crippen LogP contribution is -2.53. The van der Waals surface area contributed by atoms with Crippen molar-refractivity contribution in [2.24, 2.45) is 10.9 Å². The number of amides is 2. The molecule has 2 amide bonds. The number of carbonyl (C=O) groups excluding carboxylic acids is 3. The fourth-order valence-electron chi connectivity index (χ4n) is 3.74. The second-order valence-electron chi connectivity index (χ2n) is 9.49. The Hall–Kier alpha value is -2.70. The molecule has 2 aliphatic heterocycles. The van der Waals surface area contributed by atoms with Crippen molar-refractivity contribution in [1.29, 1.82) is 0 Å². The van der Waals surface area contributed by atoms with Crippen molar-refractivity contribution in [3.63, 3.8) is 0 Å². The van der Waals surface area contributed by atoms with Crippen LogP contribution in [0.3, 0.4) is 0 Å². The molecule has 2 aromatic rings. The summed E-state index contributed by atoms with van der Waals surface area (Å²) in [4.78, 5) is 52.8. The zero-order valence-electron chi connectivity index (χ0n) is 21.5. The maximum absolute atomic E-state index is 13.3. The number of hydrogen-bond acceptors (Lipinski definition) is 10. The topological polar surface area (TPSA) is 123 Å². The second kappa shape index (κ2) is 12.9. The Morgan fingerprint density at radius 1 is 1.29 bits per heavy atom. The number of hydrogen-bond donors (Lipinski definition) is 2. The minimum Gasteiger partial charge on any atom is -0.456 e. The molecule has 0 radical (unpaired) electrons. The van der Waals surface area contributed by atoms with Gasteiger partial charge in [0.15, 0.2) is 0 Å². The fraction of sp³-hybridized carbons (Fsp3) is 0.462. The Kier molecular flexibility index (Phi) is 9.61. The highest BCUT2D eigenvalue weighted by atomic mass is 32.2. The third-order valence-corrected chi connectivity index (χ3v) is 9.03. The zero-order valence-corrected chi connectivity index (χ0v) is 24.0. The molecule has 0 saturated carbocycles. The Balaban J connectivity index is 1.50. The van der Waals surface area contributed by atoms with Crippen LogP contribution in [0.5, 0.6) is 0 Å². The smallest absolute Gasteiger partial charge is 0.329 e. The van der Waals surface area contributed by atoms with E-state index in [1.54, 1.807) is 31.0 Å². The van der Waals surface area contributed by atoms with Crippen LogP contribution in [0.1, 0.15) is 44.3 Å². The molecule has 12 heteroatoms. The summed E-state index contributed by atoms with van der Waals surface area (Å²) >= 11 is 4.50. The van der Waals surface area contributed by atoms with E-state index in [1.807, 2.05) is 43.5 Å². The molecule has 4 rings (SSSR count). The molecule has 0 saturated heterocycles. The number of thioether (sulfide) groups is 2. The molecule has 2 N–H and O–H groups in total. The number of carbonyl (C=O) groups is 3. The molecule has 2 aliphatic rings. The number of fused-ring (bicyclic) bond motifs is 4. The molecule has 38 heavy (non-hydrogen) atoms. The lowest BCUT2D eigenvalue weighted by Gasteiger charge is -2.27. The number of aliphatic imine (C=N–C) groups is 1. The number of cyclic esters (lactones) is 1. The van der Waals surface area contributed by atoms with Gasteiger partial charge in [-0.1, -0.05) is 26.0 Å². The van der Waals surface area contributed by atoms with Gasteiger partial charge in [0, 0.05) is 23.1 Å². The van der Waals surface area contributed by atoms with Gasteiger partial charge in [0.05, 0.1) is 18.0 Å². The third kappa shape index (κ3) is 7.45. The number of nitrogens with one attached hydrogen (secondary N) is 2. The Labute approximate surface area is 234 Å². The van der Waals surface area contributed by atoms with E-state index in [0.29, 0.717) is 22.9 Å². The molecular weight excluding hydrogens is 543 g/mol. The molecule has 4 heterocycles. The van der Waals surface area contributed by atoms with Gasteiger partial charge in [0.2, 0.25) is 11.8 Å². The molecule has 0 spiro atoms. The number of rotatable bonds is 6. The van der Waals surface area contributed by atoms with Crippen LogP contribution in [0.2, 0.25) is 0 Å². The molecule has 4 bridgehead atoms. The van der Waals surface area contributed by atoms with E-state index >= 15 is 0 Å². The quantitative estimate of drug-likeness (QED) is 0.233. The number of esters is 1. The van der Waals surface area contributed by atoms with Crippen molar-refractivity contribution < 1.29 is 19.1 Å². The largest absolute Gasteiger partial charge is 0.456 e. The summed E-state index contributed by atoms with van der Waals surface area (Å²) in [7, 11) is 0. The lowest BCUT2D eigenvalue weighted by atomic mass is 10.0. The van der Waals surface area contributed by atoms with E-state index in [1.165, 1.54) is 23.1 Å². The molecule has 0 fully saturated rings. The molecular formula is C26H31N5O4S3. The van der Waals surface area contributed by atoms with Crippen molar-refractivity contribution in [1.82, 2.24) is 20.6 Å². The minimum atomic E-state index is -1.02. The predicted molar refractivity (Wildman–Crippen MR) is 151 cm³/mol. The number of aromatic nitrogens is 2. The van der Waals surface area contributed by atoms with Crippen LogP contribution in [-0.4, -0.2) is 62.0 Å². The van der Waals surface area contributed by atoms with Gasteiger partial charge >= 0.3 is 5.97 Å². The van der Waals surface area contributed by atoms with Crippen molar-refractivity contribution in [2.75, 3.05) is 11.5 Å². The minimum absolute atomic E-state index is 0.0348. The number of ether oxygens (including phenoxy) is 1. The van der Waals surface area contributed by atoms with E-state index in [4.69, 9.17) is 4.74 Å². The van der Waals surface area contributed by atoms with Crippen molar-refractivity contribution >= 4 is 57.7 Å². The van der Waals surface area contributed by atoms with Crippen molar-refractivity contribution in [2.45, 2.75) is 62.9 Å². The monoisotopic (exact) mass is 573 g/mol. The Morgan fingerprint density at radius 3 is 2.89 bits per heavy atom. The van der Waals surface area contributed by atoms with E-state index < -0.39 is 23.7 Å². The first kappa shape index (κ1) is 28.3. The van der Waals surface area contributed by atoms with E-state index in [0.717, 1.165) is 15.8 Å². The lowest BCUT2D eigenvalue weighted by molar-refractivity contribution is -0.153. The SMILES string of the molecule is CC(C)[C@@H]1NC(=O)[C@]2(C)CSC(=N2)c2csc(n2)CNC(=O)C[C@@H](/C=C/CCSc2ccccn2)OC1=O. The van der Waals surface area contributed by atoms with Crippen LogP contribution in [0.25, 0.3) is 0 Å². The van der Waals surface area contributed by atoms with Crippen LogP contribution in [0.15, 0.2) is 51.9 Å². The van der Waals surface area contributed by atoms with E-state index in [-0.39, 0.29) is 30.7 Å². The van der Waals surface area contributed by atoms with Gasteiger partial charge in [-0.3, -0.25) is 14.6 Å². The van der Waals surface area contributed by atoms with Gasteiger partial charge in [0.1, 0.15) is 33.4 Å². The summed E-state index contributed by atoms with van der Waals surface area (Å²) in [6.07, 6.45) is 5.30. The Morgan fingerprint density at radius 2 is 2.13 bits per heavy atom. The fourth-order valence-corrected chi connectivity index (χ4v) is 6.44. The first-order valence-electron chi connectivity index (χ1n) is 12.4. The number of thiazole rings is 1. The average Bonchev–Trinajstić information content (AvgIpc) is 3.53. The van der Waals surface area contributed by atoms with Gasteiger partial charge in [0.25, 0.3) is 0 Å². The van der Waals surface area contributed by atoms with Crippen LogP contribution in [0.4, 0.5) is 0 Å². The van der Waals surface area contributed by atoms with Crippen LogP contribution in [-0.2, 0) is 25.7 Å². The van der Waals surface area contributed by atoms with E-state index in [2.05, 4.69) is 25.6 Å². The molecule has 202 valence electrons. The van der Waals surface area contributed by atoms with Gasteiger partial charge in [-0.2, -0.15) is 0 Å². The average molecular weight is 574 g/mol. The molecule has 0 aromatic carbocycles. The number of nitrogens with zero attached hydrogens (tertiary/aromatic N) is 3. The summed E-state index contributed by atoms with van der Waals surface area (Å²) in [5.41, 5.74) is -0.329. The van der Waals surface area contributed by atoms with Crippen molar-refractivity contribution in [3.05, 3.63) is 52.6 Å².